The lowest BCUT2D eigenvalue weighted by Crippen LogP contribution is -2.48. The quantitative estimate of drug-likeness (QED) is 0.166. The summed E-state index contributed by atoms with van der Waals surface area (Å²) in [6, 6.07) is 77.4. The molecule has 66 heavy (non-hydrogen) atoms. The number of anilines is 6. The maximum atomic E-state index is 7.75. The molecule has 8 aromatic carbocycles. The van der Waals surface area contributed by atoms with Crippen LogP contribution >= 0.6 is 0 Å². The fourth-order valence-corrected chi connectivity index (χ4v) is 11.2. The van der Waals surface area contributed by atoms with Crippen molar-refractivity contribution in [3.05, 3.63) is 263 Å². The van der Waals surface area contributed by atoms with Gasteiger partial charge < -0.3 is 28.1 Å². The third-order valence-corrected chi connectivity index (χ3v) is 13.9. The molecule has 6 nitrogen and oxygen atoms in total. The van der Waals surface area contributed by atoms with Crippen molar-refractivity contribution in [1.82, 2.24) is 0 Å². The smallest absolute Gasteiger partial charge is 0.134 e. The Balaban J connectivity index is 1.22. The second-order valence-electron chi connectivity index (χ2n) is 17.1. The molecule has 316 valence electrons. The molecule has 2 aliphatic heterocycles. The number of fused-ring (bicyclic) bond motifs is 14. The second kappa shape index (κ2) is 14.5. The van der Waals surface area contributed by atoms with E-state index >= 15 is 0 Å². The number of ether oxygens (including phenoxy) is 2. The van der Waals surface area contributed by atoms with Crippen molar-refractivity contribution >= 4 is 34.1 Å². The van der Waals surface area contributed by atoms with Crippen LogP contribution in [0, 0.1) is 0 Å². The van der Waals surface area contributed by atoms with Gasteiger partial charge in [0.05, 0.1) is 37.0 Å². The van der Waals surface area contributed by atoms with Crippen LogP contribution in [0.2, 0.25) is 0 Å². The molecule has 0 unspecified atom stereocenters. The van der Waals surface area contributed by atoms with Gasteiger partial charge in [-0.1, -0.05) is 109 Å². The van der Waals surface area contributed by atoms with E-state index in [1.165, 1.54) is 0 Å². The summed E-state index contributed by atoms with van der Waals surface area (Å²) in [5.41, 5.74) is 12.7. The zero-order valence-electron chi connectivity index (χ0n) is 36.3. The van der Waals surface area contributed by atoms with Gasteiger partial charge in [-0.05, 0) is 131 Å². The molecule has 1 aliphatic carbocycles. The van der Waals surface area contributed by atoms with Crippen LogP contribution in [0.3, 0.4) is 0 Å². The first kappa shape index (κ1) is 38.0. The molecule has 13 rings (SSSR count). The molecule has 0 fully saturated rings. The molecule has 0 saturated carbocycles. The zero-order chi connectivity index (χ0) is 44.0. The van der Waals surface area contributed by atoms with Crippen LogP contribution in [0.25, 0.3) is 22.6 Å². The number of hydrogen-bond acceptors (Lipinski definition) is 6. The molecule has 2 aromatic heterocycles. The van der Waals surface area contributed by atoms with Crippen molar-refractivity contribution in [2.75, 3.05) is 24.0 Å². The number of hydrogen-bond donors (Lipinski definition) is 0. The molecule has 10 aromatic rings. The van der Waals surface area contributed by atoms with Crippen molar-refractivity contribution in [3.63, 3.8) is 0 Å². The van der Waals surface area contributed by atoms with Gasteiger partial charge in [0, 0.05) is 33.6 Å². The van der Waals surface area contributed by atoms with E-state index in [4.69, 9.17) is 18.3 Å². The SMILES string of the molecule is COc1ccc(-c2cc3c(o2)C2(c4ccccc4N(c4ccccc4)c4ccccc42)c2cc(-c4ccc(OC)cc4)oc2C32c3ccccc3N(c3ccccc3)c3ccccc32)cc1. The lowest BCUT2D eigenvalue weighted by Gasteiger charge is -2.52. The van der Waals surface area contributed by atoms with Crippen LogP contribution in [-0.2, 0) is 10.8 Å². The summed E-state index contributed by atoms with van der Waals surface area (Å²) in [5.74, 6) is 4.74. The average molecular weight is 855 g/mol. The minimum atomic E-state index is -0.992. The first-order valence-corrected chi connectivity index (χ1v) is 22.3. The summed E-state index contributed by atoms with van der Waals surface area (Å²) in [5, 5.41) is 0. The standard InChI is InChI=1S/C60H42N2O4/c1-63-43-33-29-39(30-34-43)55-37-49-57(65-55)60(47-23-11-15-27-53(47)62(42-19-7-4-8-20-42)54-28-16-12-24-48(54)60)50-38-56(40-31-35-44(64-2)36-32-40)66-58(50)59(49)45-21-9-13-25-51(45)61(41-17-5-3-6-18-41)52-26-14-10-22-46(52)59/h3-38H,1-2H3. The molecule has 0 saturated heterocycles. The van der Waals surface area contributed by atoms with Crippen molar-refractivity contribution in [3.8, 4) is 34.1 Å². The normalized spacial score (nSPS) is 14.4. The van der Waals surface area contributed by atoms with Gasteiger partial charge in [0.2, 0.25) is 0 Å². The highest BCUT2D eigenvalue weighted by Gasteiger charge is 2.63. The van der Waals surface area contributed by atoms with Crippen molar-refractivity contribution in [2.45, 2.75) is 10.8 Å². The summed E-state index contributed by atoms with van der Waals surface area (Å²) in [6.07, 6.45) is 0. The molecule has 0 atom stereocenters. The first-order chi connectivity index (χ1) is 32.6. The van der Waals surface area contributed by atoms with E-state index in [1.54, 1.807) is 14.2 Å². The average Bonchev–Trinajstić information content (AvgIpc) is 4.06. The predicted molar refractivity (Wildman–Crippen MR) is 262 cm³/mol. The minimum absolute atomic E-state index is 0.753. The Morgan fingerprint density at radius 2 is 0.636 bits per heavy atom. The van der Waals surface area contributed by atoms with Crippen molar-refractivity contribution in [2.24, 2.45) is 0 Å². The molecule has 0 amide bonds. The number of para-hydroxylation sites is 6. The molecular weight excluding hydrogens is 813 g/mol. The van der Waals surface area contributed by atoms with Gasteiger partial charge in [0.1, 0.15) is 45.4 Å². The van der Waals surface area contributed by atoms with E-state index < -0.39 is 10.8 Å². The lowest BCUT2D eigenvalue weighted by molar-refractivity contribution is 0.399. The van der Waals surface area contributed by atoms with Gasteiger partial charge in [-0.15, -0.1) is 0 Å². The summed E-state index contributed by atoms with van der Waals surface area (Å²) >= 11 is 0. The maximum Gasteiger partial charge on any atom is 0.134 e. The summed E-state index contributed by atoms with van der Waals surface area (Å²) in [7, 11) is 3.39. The zero-order valence-corrected chi connectivity index (χ0v) is 36.3. The van der Waals surface area contributed by atoms with E-state index in [0.717, 1.165) is 113 Å². The lowest BCUT2D eigenvalue weighted by atomic mass is 9.53. The molecule has 4 heterocycles. The van der Waals surface area contributed by atoms with Gasteiger partial charge in [-0.2, -0.15) is 0 Å². The van der Waals surface area contributed by atoms with Crippen LogP contribution in [-0.4, -0.2) is 14.2 Å². The van der Waals surface area contributed by atoms with E-state index in [-0.39, 0.29) is 0 Å². The number of nitrogens with zero attached hydrogens (tertiary/aromatic N) is 2. The van der Waals surface area contributed by atoms with Gasteiger partial charge in [-0.25, -0.2) is 0 Å². The monoisotopic (exact) mass is 854 g/mol. The maximum absolute atomic E-state index is 7.75. The fraction of sp³-hybridized carbons (Fsp3) is 0.0667. The van der Waals surface area contributed by atoms with Crippen LogP contribution in [0.15, 0.2) is 227 Å². The van der Waals surface area contributed by atoms with Gasteiger partial charge in [-0.3, -0.25) is 0 Å². The largest absolute Gasteiger partial charge is 0.497 e. The third-order valence-electron chi connectivity index (χ3n) is 13.9. The number of benzene rings is 8. The summed E-state index contributed by atoms with van der Waals surface area (Å²) < 4.78 is 26.8. The molecule has 0 N–H and O–H groups in total. The third kappa shape index (κ3) is 5.12. The Morgan fingerprint density at radius 1 is 0.333 bits per heavy atom. The molecule has 6 heteroatoms. The van der Waals surface area contributed by atoms with Crippen LogP contribution in [0.4, 0.5) is 34.1 Å². The molecular formula is C60H42N2O4. The summed E-state index contributed by atoms with van der Waals surface area (Å²) in [4.78, 5) is 4.78. The predicted octanol–water partition coefficient (Wildman–Crippen LogP) is 14.9. The van der Waals surface area contributed by atoms with E-state index in [1.807, 2.05) is 24.3 Å². The van der Waals surface area contributed by atoms with Gasteiger partial charge in [0.15, 0.2) is 0 Å². The fourth-order valence-electron chi connectivity index (χ4n) is 11.2. The first-order valence-electron chi connectivity index (χ1n) is 22.3. The van der Waals surface area contributed by atoms with Gasteiger partial charge in [0.25, 0.3) is 0 Å². The van der Waals surface area contributed by atoms with Gasteiger partial charge >= 0.3 is 0 Å². The second-order valence-corrected chi connectivity index (χ2v) is 17.1. The van der Waals surface area contributed by atoms with Crippen LogP contribution in [0.1, 0.15) is 44.9 Å². The highest BCUT2D eigenvalue weighted by atomic mass is 16.5. The molecule has 2 spiro atoms. The van der Waals surface area contributed by atoms with E-state index in [0.29, 0.717) is 0 Å². The Bertz CT molecular complexity index is 3090. The van der Waals surface area contributed by atoms with Crippen LogP contribution in [0.5, 0.6) is 11.5 Å². The van der Waals surface area contributed by atoms with Crippen molar-refractivity contribution < 1.29 is 18.3 Å². The molecule has 3 aliphatic rings. The highest BCUT2D eigenvalue weighted by molar-refractivity contribution is 5.95. The minimum Gasteiger partial charge on any atom is -0.497 e. The van der Waals surface area contributed by atoms with Crippen molar-refractivity contribution in [1.29, 1.82) is 0 Å². The molecule has 0 radical (unpaired) electrons. The Morgan fingerprint density at radius 3 is 0.955 bits per heavy atom. The molecule has 0 bridgehead atoms. The summed E-state index contributed by atoms with van der Waals surface area (Å²) in [6.45, 7) is 0. The topological polar surface area (TPSA) is 51.2 Å². The number of methoxy groups -OCH3 is 2. The number of rotatable bonds is 6. The Kier molecular flexibility index (Phi) is 8.37. The number of furan rings is 2. The highest BCUT2D eigenvalue weighted by Crippen LogP contribution is 2.69. The van der Waals surface area contributed by atoms with E-state index in [2.05, 4.69) is 204 Å². The Labute approximate surface area is 383 Å². The van der Waals surface area contributed by atoms with Crippen LogP contribution < -0.4 is 19.3 Å². The van der Waals surface area contributed by atoms with E-state index in [9.17, 15) is 0 Å². The Hall–Kier alpha value is -8.48.